The van der Waals surface area contributed by atoms with Crippen molar-refractivity contribution < 1.29 is 4.42 Å². The molecule has 0 aliphatic rings. The van der Waals surface area contributed by atoms with Gasteiger partial charge in [0, 0.05) is 23.6 Å². The summed E-state index contributed by atoms with van der Waals surface area (Å²) in [4.78, 5) is 16.9. The molecule has 6 nitrogen and oxygen atoms in total. The Kier molecular flexibility index (Phi) is 5.00. The zero-order valence-corrected chi connectivity index (χ0v) is 17.7. The molecule has 0 aliphatic heterocycles. The molecule has 0 atom stereocenters. The highest BCUT2D eigenvalue weighted by molar-refractivity contribution is 7.98. The van der Waals surface area contributed by atoms with Gasteiger partial charge in [0.15, 0.2) is 0 Å². The lowest BCUT2D eigenvalue weighted by atomic mass is 9.87. The van der Waals surface area contributed by atoms with Crippen LogP contribution >= 0.6 is 11.8 Å². The van der Waals surface area contributed by atoms with E-state index in [0.717, 1.165) is 11.1 Å². The summed E-state index contributed by atoms with van der Waals surface area (Å²) in [6.07, 6.45) is 1.79. The van der Waals surface area contributed by atoms with Gasteiger partial charge < -0.3 is 4.42 Å². The van der Waals surface area contributed by atoms with Gasteiger partial charge in [-0.2, -0.15) is 0 Å². The number of hydrogen-bond acceptors (Lipinski definition) is 6. The van der Waals surface area contributed by atoms with Crippen molar-refractivity contribution in [3.8, 4) is 11.5 Å². The smallest absolute Gasteiger partial charge is 0.277 e. The van der Waals surface area contributed by atoms with Crippen molar-refractivity contribution in [2.75, 3.05) is 0 Å². The van der Waals surface area contributed by atoms with Gasteiger partial charge in [-0.1, -0.05) is 50.7 Å². The largest absolute Gasteiger partial charge is 0.411 e. The van der Waals surface area contributed by atoms with Gasteiger partial charge in [-0.25, -0.2) is 4.98 Å². The molecule has 0 fully saturated rings. The minimum Gasteiger partial charge on any atom is -0.411 e. The third-order valence-corrected chi connectivity index (χ3v) is 5.46. The average Bonchev–Trinajstić information content (AvgIpc) is 3.15. The highest BCUT2D eigenvalue weighted by Crippen LogP contribution is 2.28. The van der Waals surface area contributed by atoms with Gasteiger partial charge in [0.05, 0.1) is 5.69 Å². The number of benzene rings is 1. The summed E-state index contributed by atoms with van der Waals surface area (Å²) >= 11 is 1.37. The van der Waals surface area contributed by atoms with Gasteiger partial charge >= 0.3 is 0 Å². The first-order chi connectivity index (χ1) is 13.8. The predicted octanol–water partition coefficient (Wildman–Crippen LogP) is 4.64. The molecule has 0 spiro atoms. The molecule has 0 unspecified atom stereocenters. The van der Waals surface area contributed by atoms with E-state index < -0.39 is 0 Å². The lowest BCUT2D eigenvalue weighted by Gasteiger charge is -2.18. The fraction of sp³-hybridized carbons (Fsp3) is 0.273. The SMILES string of the molecule is Cc1ccc2nc(CSc3nnc(-c4ccc(C(C)(C)C)cc4)o3)cc(=O)n2c1. The molecule has 4 rings (SSSR count). The van der Waals surface area contributed by atoms with E-state index in [0.29, 0.717) is 28.2 Å². The van der Waals surface area contributed by atoms with Crippen molar-refractivity contribution in [3.63, 3.8) is 0 Å². The van der Waals surface area contributed by atoms with Crippen molar-refractivity contribution in [1.29, 1.82) is 0 Å². The molecule has 3 aromatic heterocycles. The van der Waals surface area contributed by atoms with Crippen LogP contribution in [-0.2, 0) is 11.2 Å². The second-order valence-corrected chi connectivity index (χ2v) is 8.94. The third-order valence-electron chi connectivity index (χ3n) is 4.61. The number of nitrogens with zero attached hydrogens (tertiary/aromatic N) is 4. The number of aromatic nitrogens is 4. The van der Waals surface area contributed by atoms with E-state index in [9.17, 15) is 4.79 Å². The van der Waals surface area contributed by atoms with Crippen LogP contribution in [0.3, 0.4) is 0 Å². The predicted molar refractivity (Wildman–Crippen MR) is 114 cm³/mol. The van der Waals surface area contributed by atoms with Crippen molar-refractivity contribution >= 4 is 17.4 Å². The van der Waals surface area contributed by atoms with Crippen LogP contribution in [0.25, 0.3) is 17.1 Å². The zero-order valence-electron chi connectivity index (χ0n) is 16.8. The van der Waals surface area contributed by atoms with Gasteiger partial charge in [-0.3, -0.25) is 9.20 Å². The van der Waals surface area contributed by atoms with E-state index in [-0.39, 0.29) is 11.0 Å². The van der Waals surface area contributed by atoms with Crippen LogP contribution in [0.4, 0.5) is 0 Å². The topological polar surface area (TPSA) is 73.3 Å². The number of pyridine rings is 1. The van der Waals surface area contributed by atoms with E-state index in [1.165, 1.54) is 17.3 Å². The highest BCUT2D eigenvalue weighted by Gasteiger charge is 2.15. The number of hydrogen-bond donors (Lipinski definition) is 0. The van der Waals surface area contributed by atoms with Crippen molar-refractivity contribution in [2.45, 2.75) is 44.1 Å². The Balaban J connectivity index is 1.49. The lowest BCUT2D eigenvalue weighted by Crippen LogP contribution is -2.15. The second kappa shape index (κ2) is 7.48. The normalized spacial score (nSPS) is 11.9. The Morgan fingerprint density at radius 2 is 1.83 bits per heavy atom. The number of rotatable bonds is 4. The fourth-order valence-electron chi connectivity index (χ4n) is 2.97. The standard InChI is InChI=1S/C22H22N4O2S/c1-14-5-10-18-23-17(11-19(27)26(18)12-14)13-29-21-25-24-20(28-21)15-6-8-16(9-7-15)22(2,3)4/h5-12H,13H2,1-4H3. The van der Waals surface area contributed by atoms with Gasteiger partial charge in [0.2, 0.25) is 5.89 Å². The van der Waals surface area contributed by atoms with E-state index in [2.05, 4.69) is 48.1 Å². The highest BCUT2D eigenvalue weighted by atomic mass is 32.2. The molecule has 29 heavy (non-hydrogen) atoms. The molecular formula is C22H22N4O2S. The molecule has 0 radical (unpaired) electrons. The van der Waals surface area contributed by atoms with E-state index >= 15 is 0 Å². The summed E-state index contributed by atoms with van der Waals surface area (Å²) < 4.78 is 7.33. The lowest BCUT2D eigenvalue weighted by molar-refractivity contribution is 0.465. The molecule has 0 bridgehead atoms. The van der Waals surface area contributed by atoms with Gasteiger partial charge in [0.1, 0.15) is 5.65 Å². The molecule has 0 aliphatic carbocycles. The summed E-state index contributed by atoms with van der Waals surface area (Å²) in [6, 6.07) is 13.5. The molecule has 0 saturated carbocycles. The first kappa shape index (κ1) is 19.4. The fourth-order valence-corrected chi connectivity index (χ4v) is 3.62. The Hall–Kier alpha value is -2.93. The van der Waals surface area contributed by atoms with E-state index in [4.69, 9.17) is 4.42 Å². The third kappa shape index (κ3) is 4.24. The Morgan fingerprint density at radius 3 is 2.55 bits per heavy atom. The quantitative estimate of drug-likeness (QED) is 0.460. The van der Waals surface area contributed by atoms with Crippen LogP contribution in [0.1, 0.15) is 37.6 Å². The summed E-state index contributed by atoms with van der Waals surface area (Å²) in [7, 11) is 0. The maximum Gasteiger partial charge on any atom is 0.277 e. The van der Waals surface area contributed by atoms with Crippen LogP contribution < -0.4 is 5.56 Å². The molecule has 1 aromatic carbocycles. The minimum atomic E-state index is -0.0977. The van der Waals surface area contributed by atoms with Crippen LogP contribution in [0.15, 0.2) is 63.1 Å². The number of aryl methyl sites for hydroxylation is 1. The molecule has 0 N–H and O–H groups in total. The van der Waals surface area contributed by atoms with Gasteiger partial charge in [-0.15, -0.1) is 10.2 Å². The second-order valence-electron chi connectivity index (χ2n) is 8.01. The number of fused-ring (bicyclic) bond motifs is 1. The number of thioether (sulfide) groups is 1. The molecule has 0 saturated heterocycles. The van der Waals surface area contributed by atoms with E-state index in [1.54, 1.807) is 16.7 Å². The van der Waals surface area contributed by atoms with Crippen molar-refractivity contribution in [1.82, 2.24) is 19.6 Å². The monoisotopic (exact) mass is 406 g/mol. The van der Waals surface area contributed by atoms with Gasteiger partial charge in [-0.05, 0) is 41.7 Å². The zero-order chi connectivity index (χ0) is 20.6. The maximum atomic E-state index is 12.3. The average molecular weight is 407 g/mol. The molecule has 4 aromatic rings. The molecule has 3 heterocycles. The van der Waals surface area contributed by atoms with Crippen molar-refractivity contribution in [2.24, 2.45) is 0 Å². The van der Waals surface area contributed by atoms with Crippen LogP contribution in [-0.4, -0.2) is 19.6 Å². The maximum absolute atomic E-state index is 12.3. The first-order valence-electron chi connectivity index (χ1n) is 9.36. The molecule has 0 amide bonds. The van der Waals surface area contributed by atoms with E-state index in [1.807, 2.05) is 31.2 Å². The first-order valence-corrected chi connectivity index (χ1v) is 10.3. The van der Waals surface area contributed by atoms with Crippen LogP contribution in [0.5, 0.6) is 0 Å². The molecule has 148 valence electrons. The Bertz CT molecular complexity index is 1220. The summed E-state index contributed by atoms with van der Waals surface area (Å²) in [6.45, 7) is 8.48. The Labute approximate surface area is 173 Å². The minimum absolute atomic E-state index is 0.0959. The summed E-state index contributed by atoms with van der Waals surface area (Å²) in [5.74, 6) is 0.958. The summed E-state index contributed by atoms with van der Waals surface area (Å²) in [5.41, 5.74) is 4.45. The molecular weight excluding hydrogens is 384 g/mol. The Morgan fingerprint density at radius 1 is 1.07 bits per heavy atom. The van der Waals surface area contributed by atoms with Crippen molar-refractivity contribution in [3.05, 3.63) is 75.8 Å². The summed E-state index contributed by atoms with van der Waals surface area (Å²) in [5, 5.41) is 8.70. The van der Waals surface area contributed by atoms with Crippen LogP contribution in [0.2, 0.25) is 0 Å². The molecule has 7 heteroatoms. The van der Waals surface area contributed by atoms with Crippen LogP contribution in [0, 0.1) is 6.92 Å². The van der Waals surface area contributed by atoms with Gasteiger partial charge in [0.25, 0.3) is 10.8 Å².